The average molecular weight is 384 g/mol. The summed E-state index contributed by atoms with van der Waals surface area (Å²) >= 11 is 5.87. The van der Waals surface area contributed by atoms with E-state index in [1.54, 1.807) is 36.3 Å². The zero-order valence-electron chi connectivity index (χ0n) is 14.8. The molecule has 0 saturated carbocycles. The van der Waals surface area contributed by atoms with Crippen LogP contribution in [0.2, 0.25) is 5.02 Å². The highest BCUT2D eigenvalue weighted by molar-refractivity contribution is 6.30. The predicted molar refractivity (Wildman–Crippen MR) is 100 cm³/mol. The van der Waals surface area contributed by atoms with Gasteiger partial charge in [-0.2, -0.15) is 4.98 Å². The Kier molecular flexibility index (Phi) is 4.81. The number of aromatic nitrogens is 2. The molecule has 0 radical (unpaired) electrons. The van der Waals surface area contributed by atoms with E-state index < -0.39 is 0 Å². The van der Waals surface area contributed by atoms with Crippen molar-refractivity contribution >= 4 is 17.5 Å². The van der Waals surface area contributed by atoms with Crippen molar-refractivity contribution in [1.82, 2.24) is 15.0 Å². The smallest absolute Gasteiger partial charge is 0.253 e. The monoisotopic (exact) mass is 383 g/mol. The molecule has 1 aliphatic heterocycles. The first kappa shape index (κ1) is 17.5. The van der Waals surface area contributed by atoms with Gasteiger partial charge in [0.1, 0.15) is 5.75 Å². The van der Waals surface area contributed by atoms with Crippen LogP contribution >= 0.6 is 11.6 Å². The summed E-state index contributed by atoms with van der Waals surface area (Å²) in [4.78, 5) is 18.7. The minimum Gasteiger partial charge on any atom is -0.496 e. The zero-order valence-corrected chi connectivity index (χ0v) is 15.5. The van der Waals surface area contributed by atoms with Gasteiger partial charge in [0, 0.05) is 35.7 Å². The fourth-order valence-corrected chi connectivity index (χ4v) is 3.23. The van der Waals surface area contributed by atoms with Crippen molar-refractivity contribution in [2.45, 2.75) is 12.3 Å². The molecule has 1 saturated heterocycles. The van der Waals surface area contributed by atoms with Crippen LogP contribution in [0, 0.1) is 0 Å². The zero-order chi connectivity index (χ0) is 18.8. The van der Waals surface area contributed by atoms with E-state index in [0.29, 0.717) is 41.8 Å². The van der Waals surface area contributed by atoms with E-state index in [1.165, 1.54) is 0 Å². The minimum absolute atomic E-state index is 0.0170. The number of hydrogen-bond donors (Lipinski definition) is 0. The number of nitrogens with zero attached hydrogens (tertiary/aromatic N) is 3. The van der Waals surface area contributed by atoms with Crippen LogP contribution in [-0.4, -0.2) is 41.1 Å². The lowest BCUT2D eigenvalue weighted by molar-refractivity contribution is 0.0569. The Hall–Kier alpha value is -2.86. The first-order valence-corrected chi connectivity index (χ1v) is 9.01. The van der Waals surface area contributed by atoms with Gasteiger partial charge in [-0.3, -0.25) is 4.79 Å². The second-order valence-corrected chi connectivity index (χ2v) is 6.89. The summed E-state index contributed by atoms with van der Waals surface area (Å²) < 4.78 is 10.8. The van der Waals surface area contributed by atoms with Gasteiger partial charge in [0.25, 0.3) is 5.91 Å². The number of methoxy groups -OCH3 is 1. The van der Waals surface area contributed by atoms with Crippen LogP contribution in [0.3, 0.4) is 0 Å². The summed E-state index contributed by atoms with van der Waals surface area (Å²) in [6.45, 7) is 1.13. The minimum atomic E-state index is -0.0170. The number of likely N-dealkylation sites (tertiary alicyclic amines) is 1. The van der Waals surface area contributed by atoms with Gasteiger partial charge in [0.15, 0.2) is 5.82 Å². The highest BCUT2D eigenvalue weighted by Gasteiger charge is 2.36. The van der Waals surface area contributed by atoms with Gasteiger partial charge in [-0.1, -0.05) is 35.0 Å². The highest BCUT2D eigenvalue weighted by Crippen LogP contribution is 2.28. The number of carbonyl (C=O) groups excluding carboxylic acids is 1. The number of halogens is 1. The second kappa shape index (κ2) is 7.40. The van der Waals surface area contributed by atoms with E-state index >= 15 is 0 Å². The molecule has 27 heavy (non-hydrogen) atoms. The van der Waals surface area contributed by atoms with Crippen LogP contribution < -0.4 is 4.74 Å². The number of hydrogen-bond acceptors (Lipinski definition) is 5. The van der Waals surface area contributed by atoms with Crippen LogP contribution in [0.25, 0.3) is 0 Å². The number of amides is 1. The number of benzene rings is 2. The molecule has 0 atom stereocenters. The lowest BCUT2D eigenvalue weighted by atomic mass is 9.98. The van der Waals surface area contributed by atoms with E-state index in [4.69, 9.17) is 20.9 Å². The molecular weight excluding hydrogens is 366 g/mol. The van der Waals surface area contributed by atoms with Gasteiger partial charge in [-0.15, -0.1) is 0 Å². The molecule has 138 valence electrons. The number of carbonyl (C=O) groups is 1. The van der Waals surface area contributed by atoms with Crippen molar-refractivity contribution < 1.29 is 14.1 Å². The summed E-state index contributed by atoms with van der Waals surface area (Å²) in [5, 5.41) is 4.68. The fourth-order valence-electron chi connectivity index (χ4n) is 3.10. The van der Waals surface area contributed by atoms with Crippen LogP contribution in [0.15, 0.2) is 53.1 Å². The molecule has 1 amide bonds. The molecule has 1 aliphatic rings. The lowest BCUT2D eigenvalue weighted by Crippen LogP contribution is -2.48. The van der Waals surface area contributed by atoms with Gasteiger partial charge in [0.05, 0.1) is 13.0 Å². The average Bonchev–Trinajstić information content (AvgIpc) is 3.09. The fraction of sp³-hybridized carbons (Fsp3) is 0.250. The Morgan fingerprint density at radius 3 is 2.70 bits per heavy atom. The molecule has 7 heteroatoms. The molecule has 1 fully saturated rings. The Morgan fingerprint density at radius 1 is 1.22 bits per heavy atom. The Bertz CT molecular complexity index is 949. The maximum absolute atomic E-state index is 12.4. The van der Waals surface area contributed by atoms with Gasteiger partial charge >= 0.3 is 0 Å². The molecule has 0 N–H and O–H groups in total. The van der Waals surface area contributed by atoms with Crippen LogP contribution in [0.5, 0.6) is 5.75 Å². The van der Waals surface area contributed by atoms with Gasteiger partial charge in [-0.05, 0) is 30.3 Å². The Labute approximate surface area is 161 Å². The molecule has 4 rings (SSSR count). The van der Waals surface area contributed by atoms with Crippen molar-refractivity contribution in [3.8, 4) is 5.75 Å². The summed E-state index contributed by atoms with van der Waals surface area (Å²) in [5.74, 6) is 2.03. The van der Waals surface area contributed by atoms with Crippen molar-refractivity contribution in [2.75, 3.05) is 20.2 Å². The van der Waals surface area contributed by atoms with Crippen LogP contribution in [0.4, 0.5) is 0 Å². The number of para-hydroxylation sites is 1. The molecule has 0 spiro atoms. The van der Waals surface area contributed by atoms with Crippen molar-refractivity contribution in [3.63, 3.8) is 0 Å². The quantitative estimate of drug-likeness (QED) is 0.673. The second-order valence-electron chi connectivity index (χ2n) is 6.45. The Balaban J connectivity index is 1.38. The summed E-state index contributed by atoms with van der Waals surface area (Å²) in [6.07, 6.45) is 0.535. The predicted octanol–water partition coefficient (Wildman–Crippen LogP) is 3.56. The van der Waals surface area contributed by atoms with Crippen LogP contribution in [0.1, 0.15) is 33.6 Å². The first-order chi connectivity index (χ1) is 13.1. The van der Waals surface area contributed by atoms with E-state index in [-0.39, 0.29) is 11.8 Å². The molecule has 0 aliphatic carbocycles. The number of rotatable bonds is 5. The SMILES string of the molecule is COc1ccccc1Cc1noc(C2CN(C(=O)c3ccc(Cl)cc3)C2)n1. The van der Waals surface area contributed by atoms with Gasteiger partial charge in [-0.25, -0.2) is 0 Å². The normalized spacial score (nSPS) is 14.1. The summed E-state index contributed by atoms with van der Waals surface area (Å²) in [7, 11) is 1.64. The third-order valence-corrected chi connectivity index (χ3v) is 4.89. The molecule has 0 unspecified atom stereocenters. The molecule has 3 aromatic rings. The van der Waals surface area contributed by atoms with Crippen LogP contribution in [-0.2, 0) is 6.42 Å². The van der Waals surface area contributed by atoms with Crippen molar-refractivity contribution in [3.05, 3.63) is 76.4 Å². The molecular formula is C20H18ClN3O3. The lowest BCUT2D eigenvalue weighted by Gasteiger charge is -2.37. The topological polar surface area (TPSA) is 68.5 Å². The third-order valence-electron chi connectivity index (χ3n) is 4.63. The molecule has 2 heterocycles. The summed E-state index contributed by atoms with van der Waals surface area (Å²) in [6, 6.07) is 14.7. The maximum Gasteiger partial charge on any atom is 0.253 e. The maximum atomic E-state index is 12.4. The standard InChI is InChI=1S/C20H18ClN3O3/c1-26-17-5-3-2-4-14(17)10-18-22-19(27-23-18)15-11-24(12-15)20(25)13-6-8-16(21)9-7-13/h2-9,15H,10-12H2,1H3. The first-order valence-electron chi connectivity index (χ1n) is 8.63. The highest BCUT2D eigenvalue weighted by atomic mass is 35.5. The molecule has 0 bridgehead atoms. The van der Waals surface area contributed by atoms with Crippen molar-refractivity contribution in [1.29, 1.82) is 0 Å². The number of ether oxygens (including phenoxy) is 1. The van der Waals surface area contributed by atoms with E-state index in [2.05, 4.69) is 10.1 Å². The third kappa shape index (κ3) is 3.66. The van der Waals surface area contributed by atoms with Crippen molar-refractivity contribution in [2.24, 2.45) is 0 Å². The van der Waals surface area contributed by atoms with Gasteiger partial charge < -0.3 is 14.2 Å². The molecule has 1 aromatic heterocycles. The van der Waals surface area contributed by atoms with E-state index in [9.17, 15) is 4.79 Å². The molecule has 2 aromatic carbocycles. The summed E-state index contributed by atoms with van der Waals surface area (Å²) in [5.41, 5.74) is 1.63. The van der Waals surface area contributed by atoms with Gasteiger partial charge in [0.2, 0.25) is 5.89 Å². The van der Waals surface area contributed by atoms with E-state index in [0.717, 1.165) is 11.3 Å². The molecule has 6 nitrogen and oxygen atoms in total. The Morgan fingerprint density at radius 2 is 1.96 bits per heavy atom. The van der Waals surface area contributed by atoms with E-state index in [1.807, 2.05) is 24.3 Å². The largest absolute Gasteiger partial charge is 0.496 e.